The predicted octanol–water partition coefficient (Wildman–Crippen LogP) is 19.6. The summed E-state index contributed by atoms with van der Waals surface area (Å²) < 4.78 is 0. The van der Waals surface area contributed by atoms with Gasteiger partial charge in [0.2, 0.25) is 0 Å². The minimum Gasteiger partial charge on any atom is -0.199 e. The Morgan fingerprint density at radius 3 is 0.491 bits per heavy atom. The molecule has 0 saturated carbocycles. The minimum absolute atomic E-state index is 0.366. The van der Waals surface area contributed by atoms with Crippen molar-refractivity contribution in [3.63, 3.8) is 0 Å². The van der Waals surface area contributed by atoms with Gasteiger partial charge in [-0.2, -0.15) is 5.26 Å². The summed E-state index contributed by atoms with van der Waals surface area (Å²) in [6, 6.07) is 1.75. The molecule has 0 aliphatic carbocycles. The molecule has 0 aromatic carbocycles. The second kappa shape index (κ2) is 56.7. The van der Waals surface area contributed by atoms with Crippen LogP contribution >= 0.6 is 15.8 Å². The molecule has 3 heteroatoms. The summed E-state index contributed by atoms with van der Waals surface area (Å²) in [5.41, 5.74) is 0. The summed E-state index contributed by atoms with van der Waals surface area (Å²) in [6.07, 6.45) is 62.5. The minimum atomic E-state index is 0.366. The smallest absolute Gasteiger partial charge is 0.0587 e. The van der Waals surface area contributed by atoms with Crippen LogP contribution in [0.15, 0.2) is 0 Å². The lowest BCUT2D eigenvalue weighted by Gasteiger charge is -2.18. The van der Waals surface area contributed by atoms with E-state index >= 15 is 0 Å². The molecule has 0 fully saturated rings. The Hall–Kier alpha value is 0.350. The Kier molecular flexibility index (Phi) is 61.7. The van der Waals surface area contributed by atoms with Crippen LogP contribution < -0.4 is 0 Å². The molecule has 0 aliphatic heterocycles. The van der Waals surface area contributed by atoms with Crippen molar-refractivity contribution in [1.29, 1.82) is 5.26 Å². The number of hydrogen-bond acceptors (Lipinski definition) is 1. The van der Waals surface area contributed by atoms with Gasteiger partial charge in [-0.15, -0.1) is 15.8 Å². The van der Waals surface area contributed by atoms with Crippen molar-refractivity contribution in [2.75, 3.05) is 37.0 Å². The molecule has 0 saturated heterocycles. The fraction of sp³-hybridized carbons (Fsp3) is 0.980. The van der Waals surface area contributed by atoms with Crippen LogP contribution in [0.1, 0.15) is 280 Å². The Balaban J connectivity index is -0.000000877. The third kappa shape index (κ3) is 56.8. The van der Waals surface area contributed by atoms with Crippen LogP contribution in [-0.4, -0.2) is 37.0 Å². The lowest BCUT2D eigenvalue weighted by atomic mass is 10.1. The Morgan fingerprint density at radius 1 is 0.245 bits per heavy atom. The first-order valence-corrected chi connectivity index (χ1v) is 28.7. The van der Waals surface area contributed by atoms with Gasteiger partial charge in [-0.05, 0) is 75.5 Å². The standard InChI is InChI=1S/2C24H51P.C2H3N/c2*1-4-7-10-13-16-19-22-25(23-20-17-14-11-8-5-2)24-21-18-15-12-9-6-3;1-2-3/h2*4-24H2,1-3H3;1H3. The average molecular weight is 782 g/mol. The van der Waals surface area contributed by atoms with E-state index in [1.165, 1.54) is 238 Å². The Labute approximate surface area is 342 Å². The van der Waals surface area contributed by atoms with Gasteiger partial charge in [0.1, 0.15) is 0 Å². The lowest BCUT2D eigenvalue weighted by molar-refractivity contribution is 0.617. The van der Waals surface area contributed by atoms with Crippen LogP contribution in [-0.2, 0) is 0 Å². The van der Waals surface area contributed by atoms with Crippen LogP contribution in [0.4, 0.5) is 0 Å². The van der Waals surface area contributed by atoms with E-state index in [2.05, 4.69) is 41.5 Å². The van der Waals surface area contributed by atoms with E-state index in [-0.39, 0.29) is 0 Å². The number of unbranched alkanes of at least 4 members (excludes halogenated alkanes) is 30. The highest BCUT2D eigenvalue weighted by atomic mass is 31.1. The molecule has 0 rings (SSSR count). The van der Waals surface area contributed by atoms with Gasteiger partial charge in [0, 0.05) is 6.92 Å². The lowest BCUT2D eigenvalue weighted by Crippen LogP contribution is -1.97. The molecule has 0 N–H and O–H groups in total. The van der Waals surface area contributed by atoms with Gasteiger partial charge in [0.05, 0.1) is 6.07 Å². The average Bonchev–Trinajstić information content (AvgIpc) is 3.16. The van der Waals surface area contributed by atoms with Gasteiger partial charge in [0.25, 0.3) is 0 Å². The Bertz CT molecular complexity index is 507. The van der Waals surface area contributed by atoms with Crippen LogP contribution in [0.3, 0.4) is 0 Å². The molecule has 320 valence electrons. The fourth-order valence-electron chi connectivity index (χ4n) is 7.37. The van der Waals surface area contributed by atoms with Crippen molar-refractivity contribution in [1.82, 2.24) is 0 Å². The second-order valence-electron chi connectivity index (χ2n) is 16.5. The van der Waals surface area contributed by atoms with Crippen LogP contribution in [0.2, 0.25) is 0 Å². The van der Waals surface area contributed by atoms with Crippen molar-refractivity contribution in [3.05, 3.63) is 0 Å². The molecule has 0 aromatic heterocycles. The van der Waals surface area contributed by atoms with Gasteiger partial charge in [-0.3, -0.25) is 0 Å². The fourth-order valence-corrected chi connectivity index (χ4v) is 12.7. The van der Waals surface area contributed by atoms with Crippen molar-refractivity contribution in [3.8, 4) is 6.07 Å². The largest absolute Gasteiger partial charge is 0.199 e. The summed E-state index contributed by atoms with van der Waals surface area (Å²) in [4.78, 5) is 0. The van der Waals surface area contributed by atoms with Gasteiger partial charge in [-0.1, -0.05) is 234 Å². The summed E-state index contributed by atoms with van der Waals surface area (Å²) in [6.45, 7) is 15.3. The zero-order valence-electron chi connectivity index (χ0n) is 38.5. The molecular formula is C50H105NP2. The molecule has 0 atom stereocenters. The number of nitrogens with zero attached hydrogens (tertiary/aromatic N) is 1. The van der Waals surface area contributed by atoms with Crippen molar-refractivity contribution in [2.24, 2.45) is 0 Å². The highest BCUT2D eigenvalue weighted by Crippen LogP contribution is 2.40. The quantitative estimate of drug-likeness (QED) is 0.0447. The van der Waals surface area contributed by atoms with E-state index in [0.29, 0.717) is 15.8 Å². The number of nitriles is 1. The zero-order chi connectivity index (χ0) is 39.6. The summed E-state index contributed by atoms with van der Waals surface area (Å²) in [5, 5.41) is 7.32. The SMILES string of the molecule is CC#N.CCCCCCCCP(CCCCCCCC)CCCCCCCC.CCCCCCCCP(CCCCCCCC)CCCCCCCC. The monoisotopic (exact) mass is 782 g/mol. The maximum atomic E-state index is 7.32. The van der Waals surface area contributed by atoms with Gasteiger partial charge in [-0.25, -0.2) is 0 Å². The predicted molar refractivity (Wildman–Crippen MR) is 255 cm³/mol. The normalized spacial score (nSPS) is 11.0. The first kappa shape index (κ1) is 57.7. The molecule has 0 aliphatic rings. The molecule has 0 aromatic rings. The van der Waals surface area contributed by atoms with E-state index in [1.807, 2.05) is 0 Å². The molecule has 0 spiro atoms. The highest BCUT2D eigenvalue weighted by Gasteiger charge is 2.09. The molecule has 0 amide bonds. The molecule has 0 bridgehead atoms. The molecule has 0 heterocycles. The van der Waals surface area contributed by atoms with Crippen molar-refractivity contribution >= 4 is 15.8 Å². The highest BCUT2D eigenvalue weighted by molar-refractivity contribution is 7.57. The molecular weight excluding hydrogens is 677 g/mol. The van der Waals surface area contributed by atoms with Crippen molar-refractivity contribution < 1.29 is 0 Å². The van der Waals surface area contributed by atoms with E-state index in [4.69, 9.17) is 5.26 Å². The van der Waals surface area contributed by atoms with E-state index in [1.54, 1.807) is 43.0 Å². The van der Waals surface area contributed by atoms with Crippen LogP contribution in [0.25, 0.3) is 0 Å². The number of rotatable bonds is 42. The topological polar surface area (TPSA) is 23.8 Å². The summed E-state index contributed by atoms with van der Waals surface area (Å²) in [5.74, 6) is 0. The van der Waals surface area contributed by atoms with Crippen LogP contribution in [0.5, 0.6) is 0 Å². The van der Waals surface area contributed by atoms with Crippen molar-refractivity contribution in [2.45, 2.75) is 280 Å². The van der Waals surface area contributed by atoms with E-state index in [9.17, 15) is 0 Å². The second-order valence-corrected chi connectivity index (χ2v) is 21.9. The van der Waals surface area contributed by atoms with E-state index in [0.717, 1.165) is 0 Å². The summed E-state index contributed by atoms with van der Waals surface area (Å²) in [7, 11) is 0.732. The molecule has 0 unspecified atom stereocenters. The number of hydrogen-bond donors (Lipinski definition) is 0. The Morgan fingerprint density at radius 2 is 0.358 bits per heavy atom. The molecule has 1 nitrogen and oxygen atoms in total. The molecule has 0 radical (unpaired) electrons. The summed E-state index contributed by atoms with van der Waals surface area (Å²) >= 11 is 0. The first-order valence-electron chi connectivity index (χ1n) is 24.9. The first-order chi connectivity index (χ1) is 26.1. The maximum Gasteiger partial charge on any atom is 0.0587 e. The van der Waals surface area contributed by atoms with Crippen LogP contribution in [0, 0.1) is 11.3 Å². The molecule has 53 heavy (non-hydrogen) atoms. The van der Waals surface area contributed by atoms with Gasteiger partial charge >= 0.3 is 0 Å². The zero-order valence-corrected chi connectivity index (χ0v) is 40.3. The van der Waals surface area contributed by atoms with E-state index < -0.39 is 0 Å². The third-order valence-electron chi connectivity index (χ3n) is 11.0. The third-order valence-corrected chi connectivity index (χ3v) is 16.7. The van der Waals surface area contributed by atoms with Gasteiger partial charge in [0.15, 0.2) is 0 Å². The maximum absolute atomic E-state index is 7.32. The van der Waals surface area contributed by atoms with Gasteiger partial charge < -0.3 is 0 Å².